The zero-order valence-electron chi connectivity index (χ0n) is 9.48. The van der Waals surface area contributed by atoms with Gasteiger partial charge in [-0.3, -0.25) is 4.21 Å². The van der Waals surface area contributed by atoms with E-state index in [0.717, 1.165) is 10.8 Å². The fourth-order valence-electron chi connectivity index (χ4n) is 1.72. The number of benzene rings is 1. The van der Waals surface area contributed by atoms with Crippen LogP contribution in [0.1, 0.15) is 19.3 Å². The number of rotatable bonds is 5. The molecule has 1 saturated carbocycles. The van der Waals surface area contributed by atoms with Gasteiger partial charge in [-0.2, -0.15) is 4.83 Å². The maximum atomic E-state index is 12.3. The Labute approximate surface area is 108 Å². The molecule has 100 valence electrons. The first kappa shape index (κ1) is 13.6. The van der Waals surface area contributed by atoms with Crippen molar-refractivity contribution in [1.29, 1.82) is 0 Å². The fraction of sp³-hybridized carbons (Fsp3) is 0.400. The Kier molecular flexibility index (Phi) is 4.13. The highest BCUT2D eigenvalue weighted by Gasteiger charge is 2.35. The third-order valence-corrected chi connectivity index (χ3v) is 5.11. The number of sulfonamides is 1. The van der Waals surface area contributed by atoms with Crippen LogP contribution in [0.3, 0.4) is 0 Å². The summed E-state index contributed by atoms with van der Waals surface area (Å²) in [5.74, 6) is 0. The van der Waals surface area contributed by atoms with Crippen molar-refractivity contribution in [3.05, 3.63) is 30.3 Å². The minimum Gasteiger partial charge on any atom is -0.759 e. The van der Waals surface area contributed by atoms with Crippen molar-refractivity contribution < 1.29 is 17.2 Å². The average molecular weight is 289 g/mol. The topological polar surface area (TPSA) is 89.5 Å². The summed E-state index contributed by atoms with van der Waals surface area (Å²) in [5.41, 5.74) is 0. The molecule has 1 fully saturated rings. The average Bonchev–Trinajstić information content (AvgIpc) is 2.26. The van der Waals surface area contributed by atoms with Gasteiger partial charge in [0.15, 0.2) is 0 Å². The maximum absolute atomic E-state index is 12.3. The standard InChI is InChI=1S/C10H14N2O4S2/c13-17(14)11-12(9-5-4-6-9)18(15,16)10-7-2-1-3-8-10/h1-3,7-9,11H,4-6H2,(H,13,14)/p-1. The van der Waals surface area contributed by atoms with E-state index in [1.807, 2.05) is 4.83 Å². The van der Waals surface area contributed by atoms with Crippen LogP contribution in [0.25, 0.3) is 0 Å². The summed E-state index contributed by atoms with van der Waals surface area (Å²) in [4.78, 5) is 2.06. The van der Waals surface area contributed by atoms with Crippen LogP contribution < -0.4 is 4.83 Å². The Morgan fingerprint density at radius 2 is 1.89 bits per heavy atom. The van der Waals surface area contributed by atoms with Gasteiger partial charge in [0.2, 0.25) is 0 Å². The molecule has 0 radical (unpaired) electrons. The number of hydrazine groups is 1. The molecule has 1 N–H and O–H groups in total. The first-order valence-corrected chi connectivity index (χ1v) is 7.98. The van der Waals surface area contributed by atoms with E-state index in [9.17, 15) is 17.2 Å². The lowest BCUT2D eigenvalue weighted by Crippen LogP contribution is -2.52. The highest BCUT2D eigenvalue weighted by Crippen LogP contribution is 2.28. The van der Waals surface area contributed by atoms with Crippen LogP contribution in [0.5, 0.6) is 0 Å². The summed E-state index contributed by atoms with van der Waals surface area (Å²) in [6, 6.07) is 7.48. The Hall–Kier alpha value is -0.800. The second-order valence-corrected chi connectivity index (χ2v) is 6.49. The van der Waals surface area contributed by atoms with Gasteiger partial charge >= 0.3 is 0 Å². The van der Waals surface area contributed by atoms with Gasteiger partial charge in [0.25, 0.3) is 10.0 Å². The molecule has 0 spiro atoms. The predicted molar refractivity (Wildman–Crippen MR) is 65.2 cm³/mol. The lowest BCUT2D eigenvalue weighted by atomic mass is 9.94. The van der Waals surface area contributed by atoms with Gasteiger partial charge in [-0.25, -0.2) is 8.42 Å². The molecule has 8 heteroatoms. The Bertz CT molecular complexity index is 528. The van der Waals surface area contributed by atoms with Crippen LogP contribution in [0, 0.1) is 0 Å². The minimum absolute atomic E-state index is 0.0786. The monoisotopic (exact) mass is 289 g/mol. The van der Waals surface area contributed by atoms with E-state index in [0.29, 0.717) is 12.8 Å². The molecule has 0 aliphatic heterocycles. The van der Waals surface area contributed by atoms with Gasteiger partial charge in [0, 0.05) is 17.3 Å². The third kappa shape index (κ3) is 2.78. The maximum Gasteiger partial charge on any atom is 0.256 e. The van der Waals surface area contributed by atoms with Gasteiger partial charge in [-0.05, 0) is 25.0 Å². The molecule has 1 aromatic carbocycles. The first-order chi connectivity index (χ1) is 8.51. The van der Waals surface area contributed by atoms with Crippen molar-refractivity contribution in [2.75, 3.05) is 0 Å². The largest absolute Gasteiger partial charge is 0.759 e. The van der Waals surface area contributed by atoms with E-state index in [1.165, 1.54) is 12.1 Å². The van der Waals surface area contributed by atoms with Gasteiger partial charge in [-0.1, -0.05) is 24.6 Å². The molecule has 1 aliphatic rings. The van der Waals surface area contributed by atoms with E-state index in [4.69, 9.17) is 0 Å². The lowest BCUT2D eigenvalue weighted by Gasteiger charge is -2.36. The zero-order valence-corrected chi connectivity index (χ0v) is 11.1. The molecule has 1 aromatic rings. The molecule has 1 aliphatic carbocycles. The van der Waals surface area contributed by atoms with Crippen LogP contribution in [0.2, 0.25) is 0 Å². The van der Waals surface area contributed by atoms with Gasteiger partial charge in [0.05, 0.1) is 4.90 Å². The summed E-state index contributed by atoms with van der Waals surface area (Å²) < 4.78 is 46.9. The van der Waals surface area contributed by atoms with E-state index in [1.54, 1.807) is 18.2 Å². The fourth-order valence-corrected chi connectivity index (χ4v) is 3.92. The molecule has 2 rings (SSSR count). The van der Waals surface area contributed by atoms with E-state index < -0.39 is 21.3 Å². The number of hydrogen-bond acceptors (Lipinski definition) is 4. The van der Waals surface area contributed by atoms with Crippen LogP contribution >= 0.6 is 0 Å². The highest BCUT2D eigenvalue weighted by molar-refractivity contribution is 7.89. The van der Waals surface area contributed by atoms with Crippen molar-refractivity contribution in [3.8, 4) is 0 Å². The smallest absolute Gasteiger partial charge is 0.256 e. The van der Waals surface area contributed by atoms with Crippen molar-refractivity contribution in [3.63, 3.8) is 0 Å². The van der Waals surface area contributed by atoms with Crippen LogP contribution in [-0.2, 0) is 21.3 Å². The third-order valence-electron chi connectivity index (χ3n) is 2.87. The first-order valence-electron chi connectivity index (χ1n) is 5.47. The van der Waals surface area contributed by atoms with Gasteiger partial charge in [-0.15, -0.1) is 4.41 Å². The van der Waals surface area contributed by atoms with E-state index in [-0.39, 0.29) is 10.9 Å². The number of nitrogens with zero attached hydrogens (tertiary/aromatic N) is 1. The Morgan fingerprint density at radius 3 is 2.33 bits per heavy atom. The molecule has 1 unspecified atom stereocenters. The Morgan fingerprint density at radius 1 is 1.28 bits per heavy atom. The molecule has 0 amide bonds. The summed E-state index contributed by atoms with van der Waals surface area (Å²) >= 11 is -2.66. The quantitative estimate of drug-likeness (QED) is 0.632. The predicted octanol–water partition coefficient (Wildman–Crippen LogP) is 0.528. The molecule has 0 heterocycles. The molecule has 0 saturated heterocycles. The highest BCUT2D eigenvalue weighted by atomic mass is 32.2. The van der Waals surface area contributed by atoms with Crippen molar-refractivity contribution in [2.45, 2.75) is 30.2 Å². The Balaban J connectivity index is 2.32. The summed E-state index contributed by atoms with van der Waals surface area (Å²) in [5, 5.41) is 0. The van der Waals surface area contributed by atoms with Crippen LogP contribution in [0.4, 0.5) is 0 Å². The van der Waals surface area contributed by atoms with Gasteiger partial charge in [0.1, 0.15) is 0 Å². The second kappa shape index (κ2) is 5.45. The molecule has 0 aromatic heterocycles. The lowest BCUT2D eigenvalue weighted by molar-refractivity contribution is 0.197. The molecule has 1 atom stereocenters. The van der Waals surface area contributed by atoms with Crippen molar-refractivity contribution >= 4 is 21.3 Å². The number of hydrogen-bond donors (Lipinski definition) is 1. The molecular weight excluding hydrogens is 276 g/mol. The summed E-state index contributed by atoms with van der Waals surface area (Å²) in [6.07, 6.45) is 2.23. The van der Waals surface area contributed by atoms with Crippen LogP contribution in [-0.4, -0.2) is 27.6 Å². The van der Waals surface area contributed by atoms with Crippen molar-refractivity contribution in [2.24, 2.45) is 0 Å². The molecule has 0 bridgehead atoms. The van der Waals surface area contributed by atoms with Crippen molar-refractivity contribution in [1.82, 2.24) is 9.25 Å². The van der Waals surface area contributed by atoms with Crippen LogP contribution in [0.15, 0.2) is 35.2 Å². The van der Waals surface area contributed by atoms with E-state index in [2.05, 4.69) is 0 Å². The van der Waals surface area contributed by atoms with E-state index >= 15 is 0 Å². The molecule has 6 nitrogen and oxygen atoms in total. The SMILES string of the molecule is O=S([O-])NN(C1CCC1)S(=O)(=O)c1ccccc1. The number of nitrogens with one attached hydrogen (secondary N) is 1. The van der Waals surface area contributed by atoms with Gasteiger partial charge < -0.3 is 4.55 Å². The second-order valence-electron chi connectivity index (χ2n) is 4.02. The summed E-state index contributed by atoms with van der Waals surface area (Å²) in [6.45, 7) is 0. The summed E-state index contributed by atoms with van der Waals surface area (Å²) in [7, 11) is -3.83. The zero-order chi connectivity index (χ0) is 13.2. The normalized spacial score (nSPS) is 18.6. The molecular formula is C10H13N2O4S2-. The molecule has 18 heavy (non-hydrogen) atoms. The minimum atomic E-state index is -3.83.